The van der Waals surface area contributed by atoms with Crippen LogP contribution in [0.25, 0.3) is 11.0 Å². The van der Waals surface area contributed by atoms with Crippen LogP contribution in [0.2, 0.25) is 0 Å². The molecule has 0 spiro atoms. The van der Waals surface area contributed by atoms with Crippen LogP contribution in [0.1, 0.15) is 18.2 Å². The first kappa shape index (κ1) is 9.21. The highest BCUT2D eigenvalue weighted by Gasteiger charge is 2.08. The van der Waals surface area contributed by atoms with Crippen LogP contribution in [-0.4, -0.2) is 5.11 Å². The first-order chi connectivity index (χ1) is 6.74. The van der Waals surface area contributed by atoms with Crippen molar-refractivity contribution < 1.29 is 13.9 Å². The molecule has 0 saturated heterocycles. The SMILES string of the molecule is CCc1cc2cc(F)cc(CO)c2o1. The number of halogens is 1. The van der Waals surface area contributed by atoms with Crippen molar-refractivity contribution >= 4 is 11.0 Å². The van der Waals surface area contributed by atoms with Crippen LogP contribution in [0, 0.1) is 5.82 Å². The van der Waals surface area contributed by atoms with Gasteiger partial charge in [-0.05, 0) is 18.2 Å². The minimum Gasteiger partial charge on any atom is -0.461 e. The van der Waals surface area contributed by atoms with Gasteiger partial charge in [0.1, 0.15) is 17.2 Å². The van der Waals surface area contributed by atoms with Gasteiger partial charge >= 0.3 is 0 Å². The monoisotopic (exact) mass is 194 g/mol. The molecule has 74 valence electrons. The Morgan fingerprint density at radius 2 is 2.14 bits per heavy atom. The van der Waals surface area contributed by atoms with Crippen LogP contribution >= 0.6 is 0 Å². The van der Waals surface area contributed by atoms with Crippen molar-refractivity contribution in [2.45, 2.75) is 20.0 Å². The molecular formula is C11H11FO2. The summed E-state index contributed by atoms with van der Waals surface area (Å²) < 4.78 is 18.5. The van der Waals surface area contributed by atoms with Crippen molar-refractivity contribution in [2.75, 3.05) is 0 Å². The number of benzene rings is 1. The molecule has 0 fully saturated rings. The molecule has 0 saturated carbocycles. The van der Waals surface area contributed by atoms with E-state index < -0.39 is 0 Å². The highest BCUT2D eigenvalue weighted by atomic mass is 19.1. The number of fused-ring (bicyclic) bond motifs is 1. The van der Waals surface area contributed by atoms with Gasteiger partial charge in [-0.25, -0.2) is 4.39 Å². The Bertz CT molecular complexity index is 460. The van der Waals surface area contributed by atoms with Crippen LogP contribution in [0.5, 0.6) is 0 Å². The van der Waals surface area contributed by atoms with E-state index in [0.29, 0.717) is 16.5 Å². The molecule has 1 N–H and O–H groups in total. The lowest BCUT2D eigenvalue weighted by Gasteiger charge is -1.97. The Kier molecular flexibility index (Phi) is 2.25. The third-order valence-corrected chi connectivity index (χ3v) is 2.23. The largest absolute Gasteiger partial charge is 0.461 e. The molecule has 0 bridgehead atoms. The first-order valence-electron chi connectivity index (χ1n) is 4.56. The summed E-state index contributed by atoms with van der Waals surface area (Å²) in [7, 11) is 0. The van der Waals surface area contributed by atoms with E-state index in [1.807, 2.05) is 6.92 Å². The lowest BCUT2D eigenvalue weighted by molar-refractivity contribution is 0.281. The predicted molar refractivity (Wildman–Crippen MR) is 51.5 cm³/mol. The topological polar surface area (TPSA) is 33.4 Å². The fourth-order valence-corrected chi connectivity index (χ4v) is 1.53. The number of hydrogen-bond acceptors (Lipinski definition) is 2. The fourth-order valence-electron chi connectivity index (χ4n) is 1.53. The second-order valence-electron chi connectivity index (χ2n) is 3.21. The van der Waals surface area contributed by atoms with E-state index in [0.717, 1.165) is 12.2 Å². The molecule has 0 atom stereocenters. The Morgan fingerprint density at radius 3 is 2.79 bits per heavy atom. The summed E-state index contributed by atoms with van der Waals surface area (Å²) in [6, 6.07) is 4.51. The molecule has 3 heteroatoms. The van der Waals surface area contributed by atoms with Crippen molar-refractivity contribution in [3.63, 3.8) is 0 Å². The molecule has 0 unspecified atom stereocenters. The molecule has 0 aliphatic heterocycles. The first-order valence-corrected chi connectivity index (χ1v) is 4.56. The quantitative estimate of drug-likeness (QED) is 0.797. The van der Waals surface area contributed by atoms with Crippen LogP contribution in [-0.2, 0) is 13.0 Å². The van der Waals surface area contributed by atoms with Crippen molar-refractivity contribution in [1.29, 1.82) is 0 Å². The zero-order chi connectivity index (χ0) is 10.1. The Hall–Kier alpha value is -1.35. The van der Waals surface area contributed by atoms with Crippen molar-refractivity contribution in [3.8, 4) is 0 Å². The summed E-state index contributed by atoms with van der Waals surface area (Å²) >= 11 is 0. The van der Waals surface area contributed by atoms with Gasteiger partial charge in [0.25, 0.3) is 0 Å². The van der Waals surface area contributed by atoms with E-state index >= 15 is 0 Å². The van der Waals surface area contributed by atoms with E-state index in [-0.39, 0.29) is 12.4 Å². The van der Waals surface area contributed by atoms with Gasteiger partial charge < -0.3 is 9.52 Å². The molecule has 1 heterocycles. The zero-order valence-electron chi connectivity index (χ0n) is 7.88. The molecule has 2 aromatic rings. The van der Waals surface area contributed by atoms with Crippen LogP contribution in [0.15, 0.2) is 22.6 Å². The van der Waals surface area contributed by atoms with Gasteiger partial charge in [-0.3, -0.25) is 0 Å². The minimum absolute atomic E-state index is 0.203. The summed E-state index contributed by atoms with van der Waals surface area (Å²) in [5.41, 5.74) is 1.09. The lowest BCUT2D eigenvalue weighted by Crippen LogP contribution is -1.85. The van der Waals surface area contributed by atoms with Crippen LogP contribution in [0.4, 0.5) is 4.39 Å². The van der Waals surface area contributed by atoms with Crippen molar-refractivity contribution in [3.05, 3.63) is 35.3 Å². The van der Waals surface area contributed by atoms with E-state index in [1.165, 1.54) is 12.1 Å². The van der Waals surface area contributed by atoms with Crippen LogP contribution in [0.3, 0.4) is 0 Å². The van der Waals surface area contributed by atoms with E-state index in [2.05, 4.69) is 0 Å². The van der Waals surface area contributed by atoms with Crippen molar-refractivity contribution in [1.82, 2.24) is 0 Å². The van der Waals surface area contributed by atoms with Gasteiger partial charge in [0.05, 0.1) is 6.61 Å². The molecular weight excluding hydrogens is 183 g/mol. The minimum atomic E-state index is -0.343. The maximum Gasteiger partial charge on any atom is 0.139 e. The number of furan rings is 1. The van der Waals surface area contributed by atoms with E-state index in [9.17, 15) is 4.39 Å². The maximum absolute atomic E-state index is 13.0. The highest BCUT2D eigenvalue weighted by Crippen LogP contribution is 2.24. The average molecular weight is 194 g/mol. The van der Waals surface area contributed by atoms with Gasteiger partial charge in [-0.1, -0.05) is 6.92 Å². The summed E-state index contributed by atoms with van der Waals surface area (Å²) in [5, 5.41) is 9.73. The second-order valence-corrected chi connectivity index (χ2v) is 3.21. The normalized spacial score (nSPS) is 11.1. The number of rotatable bonds is 2. The Balaban J connectivity index is 2.71. The zero-order valence-corrected chi connectivity index (χ0v) is 7.88. The molecule has 0 aliphatic rings. The number of aryl methyl sites for hydroxylation is 1. The van der Waals surface area contributed by atoms with E-state index in [4.69, 9.17) is 9.52 Å². The fraction of sp³-hybridized carbons (Fsp3) is 0.273. The summed E-state index contributed by atoms with van der Waals surface area (Å²) in [6.45, 7) is 1.76. The summed E-state index contributed by atoms with van der Waals surface area (Å²) in [5.74, 6) is 0.463. The molecule has 1 aromatic heterocycles. The summed E-state index contributed by atoms with van der Waals surface area (Å²) in [4.78, 5) is 0. The lowest BCUT2D eigenvalue weighted by atomic mass is 10.1. The van der Waals surface area contributed by atoms with Gasteiger partial charge in [0.15, 0.2) is 0 Å². The molecule has 0 aliphatic carbocycles. The average Bonchev–Trinajstić information content (AvgIpc) is 2.59. The number of hydrogen-bond donors (Lipinski definition) is 1. The third-order valence-electron chi connectivity index (χ3n) is 2.23. The summed E-state index contributed by atoms with van der Waals surface area (Å²) in [6.07, 6.45) is 0.765. The van der Waals surface area contributed by atoms with Crippen LogP contribution < -0.4 is 0 Å². The number of aliphatic hydroxyl groups excluding tert-OH is 1. The molecule has 0 radical (unpaired) electrons. The van der Waals surface area contributed by atoms with Gasteiger partial charge in [-0.15, -0.1) is 0 Å². The van der Waals surface area contributed by atoms with E-state index in [1.54, 1.807) is 6.07 Å². The second kappa shape index (κ2) is 3.42. The third kappa shape index (κ3) is 1.40. The Morgan fingerprint density at radius 1 is 1.36 bits per heavy atom. The van der Waals surface area contributed by atoms with Gasteiger partial charge in [-0.2, -0.15) is 0 Å². The predicted octanol–water partition coefficient (Wildman–Crippen LogP) is 2.63. The Labute approximate surface area is 81.0 Å². The standard InChI is InChI=1S/C11H11FO2/c1-2-10-5-7-3-9(12)4-8(6-13)11(7)14-10/h3-5,13H,2,6H2,1H3. The number of aliphatic hydroxyl groups is 1. The molecule has 2 nitrogen and oxygen atoms in total. The smallest absolute Gasteiger partial charge is 0.139 e. The molecule has 14 heavy (non-hydrogen) atoms. The highest BCUT2D eigenvalue weighted by molar-refractivity contribution is 5.81. The molecule has 1 aromatic carbocycles. The van der Waals surface area contributed by atoms with Gasteiger partial charge in [0, 0.05) is 17.4 Å². The van der Waals surface area contributed by atoms with Gasteiger partial charge in [0.2, 0.25) is 0 Å². The molecule has 2 rings (SSSR count). The molecule has 0 amide bonds. The maximum atomic E-state index is 13.0. The van der Waals surface area contributed by atoms with Crippen molar-refractivity contribution in [2.24, 2.45) is 0 Å².